The van der Waals surface area contributed by atoms with E-state index in [-0.39, 0.29) is 28.1 Å². The van der Waals surface area contributed by atoms with Crippen LogP contribution in [0.3, 0.4) is 0 Å². The first kappa shape index (κ1) is 20.6. The minimum Gasteiger partial charge on any atom is -0.462 e. The Bertz CT molecular complexity index is 853. The van der Waals surface area contributed by atoms with Gasteiger partial charge in [-0.25, -0.2) is 4.79 Å². The number of thioether (sulfide) groups is 1. The minimum atomic E-state index is -0.469. The maximum absolute atomic E-state index is 12.2. The molecule has 0 aliphatic carbocycles. The number of H-pyrrole nitrogens is 1. The van der Waals surface area contributed by atoms with Gasteiger partial charge >= 0.3 is 5.97 Å². The highest BCUT2D eigenvalue weighted by Crippen LogP contribution is 2.18. The van der Waals surface area contributed by atoms with Crippen LogP contribution in [0.1, 0.15) is 42.2 Å². The van der Waals surface area contributed by atoms with E-state index in [0.717, 1.165) is 31.0 Å². The number of esters is 1. The molecule has 1 heterocycles. The lowest BCUT2D eigenvalue weighted by Gasteiger charge is -2.10. The SMILES string of the molecule is CCCCCOC(=O)c1ccccc1NC(=O)CSc1nnc(C)c(=O)[nH]1. The molecule has 0 saturated carbocycles. The van der Waals surface area contributed by atoms with E-state index in [1.165, 1.54) is 0 Å². The van der Waals surface area contributed by atoms with Crippen LogP contribution in [0.4, 0.5) is 5.69 Å². The number of ether oxygens (including phenoxy) is 1. The summed E-state index contributed by atoms with van der Waals surface area (Å²) in [5, 5.41) is 10.5. The Morgan fingerprint density at radius 2 is 2.00 bits per heavy atom. The van der Waals surface area contributed by atoms with E-state index in [4.69, 9.17) is 4.74 Å². The van der Waals surface area contributed by atoms with Crippen LogP contribution >= 0.6 is 11.8 Å². The summed E-state index contributed by atoms with van der Waals surface area (Å²) in [6.07, 6.45) is 2.84. The summed E-state index contributed by atoms with van der Waals surface area (Å²) >= 11 is 1.05. The summed E-state index contributed by atoms with van der Waals surface area (Å²) in [6, 6.07) is 6.67. The van der Waals surface area contributed by atoms with Crippen molar-refractivity contribution in [2.45, 2.75) is 38.3 Å². The molecule has 9 heteroatoms. The first-order valence-corrected chi connectivity index (χ1v) is 9.62. The Hall–Kier alpha value is -2.68. The highest BCUT2D eigenvalue weighted by atomic mass is 32.2. The quantitative estimate of drug-likeness (QED) is 0.384. The molecule has 2 N–H and O–H groups in total. The van der Waals surface area contributed by atoms with Gasteiger partial charge in [-0.1, -0.05) is 43.7 Å². The molecule has 2 rings (SSSR count). The summed E-state index contributed by atoms with van der Waals surface area (Å²) in [7, 11) is 0. The molecular weight excluding hydrogens is 368 g/mol. The van der Waals surface area contributed by atoms with E-state index < -0.39 is 5.97 Å². The monoisotopic (exact) mass is 390 g/mol. The molecule has 0 aliphatic heterocycles. The van der Waals surface area contributed by atoms with E-state index in [1.807, 2.05) is 0 Å². The van der Waals surface area contributed by atoms with Gasteiger partial charge in [0.05, 0.1) is 23.6 Å². The van der Waals surface area contributed by atoms with Crippen LogP contribution in [-0.4, -0.2) is 39.4 Å². The number of carbonyl (C=O) groups excluding carboxylic acids is 2. The standard InChI is InChI=1S/C18H22N4O4S/c1-3-4-7-10-26-17(25)13-8-5-6-9-14(13)19-15(23)11-27-18-20-16(24)12(2)21-22-18/h5-6,8-9H,3-4,7,10-11H2,1-2H3,(H,19,23)(H,20,22,24). The van der Waals surface area contributed by atoms with Crippen molar-refractivity contribution in [2.24, 2.45) is 0 Å². The Kier molecular flexibility index (Phi) is 8.00. The van der Waals surface area contributed by atoms with E-state index in [9.17, 15) is 14.4 Å². The van der Waals surface area contributed by atoms with Gasteiger partial charge in [-0.3, -0.25) is 14.6 Å². The van der Waals surface area contributed by atoms with Gasteiger partial charge < -0.3 is 10.1 Å². The van der Waals surface area contributed by atoms with Crippen molar-refractivity contribution in [2.75, 3.05) is 17.7 Å². The molecule has 1 amide bonds. The van der Waals surface area contributed by atoms with Crippen LogP contribution < -0.4 is 10.9 Å². The molecule has 0 bridgehead atoms. The summed E-state index contributed by atoms with van der Waals surface area (Å²) in [5.41, 5.74) is 0.599. The number of para-hydroxylation sites is 1. The number of aryl methyl sites for hydroxylation is 1. The fourth-order valence-corrected chi connectivity index (χ4v) is 2.73. The van der Waals surface area contributed by atoms with Crippen LogP contribution in [0.2, 0.25) is 0 Å². The van der Waals surface area contributed by atoms with Gasteiger partial charge in [0.25, 0.3) is 5.56 Å². The second-order valence-corrected chi connectivity index (χ2v) is 6.73. The molecular formula is C18H22N4O4S. The Morgan fingerprint density at radius 3 is 2.74 bits per heavy atom. The van der Waals surface area contributed by atoms with Gasteiger partial charge in [-0.15, -0.1) is 10.2 Å². The summed E-state index contributed by atoms with van der Waals surface area (Å²) in [4.78, 5) is 38.4. The lowest BCUT2D eigenvalue weighted by molar-refractivity contribution is -0.113. The molecule has 1 aromatic heterocycles. The fraction of sp³-hybridized carbons (Fsp3) is 0.389. The molecule has 0 atom stereocenters. The zero-order valence-electron chi connectivity index (χ0n) is 15.3. The van der Waals surface area contributed by atoms with Gasteiger partial charge in [0.15, 0.2) is 5.16 Å². The van der Waals surface area contributed by atoms with Gasteiger partial charge in [0, 0.05) is 0 Å². The summed E-state index contributed by atoms with van der Waals surface area (Å²) in [5.74, 6) is -0.800. The summed E-state index contributed by atoms with van der Waals surface area (Å²) < 4.78 is 5.25. The van der Waals surface area contributed by atoms with Crippen molar-refractivity contribution < 1.29 is 14.3 Å². The van der Waals surface area contributed by atoms with Crippen LogP contribution in [0.25, 0.3) is 0 Å². The number of anilines is 1. The number of rotatable bonds is 9. The predicted molar refractivity (Wildman–Crippen MR) is 103 cm³/mol. The molecule has 0 fully saturated rings. The van der Waals surface area contributed by atoms with E-state index in [1.54, 1.807) is 31.2 Å². The first-order chi connectivity index (χ1) is 13.0. The number of hydrogen-bond acceptors (Lipinski definition) is 7. The molecule has 0 saturated heterocycles. The zero-order chi connectivity index (χ0) is 19.6. The lowest BCUT2D eigenvalue weighted by atomic mass is 10.2. The third-order valence-electron chi connectivity index (χ3n) is 3.58. The van der Waals surface area contributed by atoms with Crippen molar-refractivity contribution in [1.29, 1.82) is 0 Å². The molecule has 2 aromatic rings. The number of aromatic amines is 1. The topological polar surface area (TPSA) is 114 Å². The van der Waals surface area contributed by atoms with Gasteiger partial charge in [0.1, 0.15) is 5.69 Å². The number of carbonyl (C=O) groups is 2. The molecule has 27 heavy (non-hydrogen) atoms. The third-order valence-corrected chi connectivity index (χ3v) is 4.45. The van der Waals surface area contributed by atoms with Crippen molar-refractivity contribution in [3.8, 4) is 0 Å². The van der Waals surface area contributed by atoms with Crippen LogP contribution in [0, 0.1) is 6.92 Å². The van der Waals surface area contributed by atoms with E-state index in [0.29, 0.717) is 17.9 Å². The smallest absolute Gasteiger partial charge is 0.340 e. The maximum Gasteiger partial charge on any atom is 0.340 e. The number of unbranched alkanes of at least 4 members (excludes halogenated alkanes) is 2. The van der Waals surface area contributed by atoms with E-state index in [2.05, 4.69) is 27.4 Å². The normalized spacial score (nSPS) is 10.4. The van der Waals surface area contributed by atoms with Crippen molar-refractivity contribution in [3.05, 3.63) is 45.9 Å². The van der Waals surface area contributed by atoms with Crippen molar-refractivity contribution >= 4 is 29.3 Å². The van der Waals surface area contributed by atoms with Crippen molar-refractivity contribution in [1.82, 2.24) is 15.2 Å². The zero-order valence-corrected chi connectivity index (χ0v) is 16.1. The first-order valence-electron chi connectivity index (χ1n) is 8.63. The molecule has 144 valence electrons. The number of aromatic nitrogens is 3. The van der Waals surface area contributed by atoms with Gasteiger partial charge in [0.2, 0.25) is 5.91 Å². The van der Waals surface area contributed by atoms with Crippen LogP contribution in [-0.2, 0) is 9.53 Å². The Balaban J connectivity index is 1.94. The van der Waals surface area contributed by atoms with E-state index >= 15 is 0 Å². The molecule has 0 spiro atoms. The van der Waals surface area contributed by atoms with Crippen molar-refractivity contribution in [3.63, 3.8) is 0 Å². The van der Waals surface area contributed by atoms with Gasteiger partial charge in [-0.05, 0) is 25.5 Å². The largest absolute Gasteiger partial charge is 0.462 e. The second-order valence-electron chi connectivity index (χ2n) is 5.77. The average Bonchev–Trinajstić information content (AvgIpc) is 2.66. The molecule has 0 unspecified atom stereocenters. The highest BCUT2D eigenvalue weighted by molar-refractivity contribution is 7.99. The lowest BCUT2D eigenvalue weighted by Crippen LogP contribution is -2.19. The molecule has 0 radical (unpaired) electrons. The molecule has 0 aliphatic rings. The average molecular weight is 390 g/mol. The number of nitrogens with zero attached hydrogens (tertiary/aromatic N) is 2. The highest BCUT2D eigenvalue weighted by Gasteiger charge is 2.15. The summed E-state index contributed by atoms with van der Waals surface area (Å²) in [6.45, 7) is 3.97. The van der Waals surface area contributed by atoms with Gasteiger partial charge in [-0.2, -0.15) is 0 Å². The number of nitrogens with one attached hydrogen (secondary N) is 2. The fourth-order valence-electron chi connectivity index (χ4n) is 2.13. The molecule has 8 nitrogen and oxygen atoms in total. The number of hydrogen-bond donors (Lipinski definition) is 2. The maximum atomic E-state index is 12.2. The molecule has 1 aromatic carbocycles. The predicted octanol–water partition coefficient (Wildman–Crippen LogP) is 2.55. The van der Waals surface area contributed by atoms with Crippen LogP contribution in [0.5, 0.6) is 0 Å². The van der Waals surface area contributed by atoms with Crippen LogP contribution in [0.15, 0.2) is 34.2 Å². The second kappa shape index (κ2) is 10.5. The minimum absolute atomic E-state index is 0.00750. The Labute approximate surface area is 161 Å². The third kappa shape index (κ3) is 6.52. The number of benzene rings is 1. The Morgan fingerprint density at radius 1 is 1.22 bits per heavy atom. The number of amides is 1.